The number of benzene rings is 1. The molecule has 1 heterocycles. The molecule has 0 bridgehead atoms. The summed E-state index contributed by atoms with van der Waals surface area (Å²) in [7, 11) is 1.94. The van der Waals surface area contributed by atoms with Crippen LogP contribution in [0.3, 0.4) is 0 Å². The standard InChI is InChI=1S/C8H10.C4H6N2/c1-7-4-3-5-8(2)6-7;1-6-3-2-5-4-6/h3-6H,1-2H3;2-4H,1H3. The summed E-state index contributed by atoms with van der Waals surface area (Å²) in [6.07, 6.45) is 5.39. The van der Waals surface area contributed by atoms with Crippen LogP contribution in [0.4, 0.5) is 0 Å². The second-order valence-electron chi connectivity index (χ2n) is 3.39. The topological polar surface area (TPSA) is 17.8 Å². The zero-order valence-electron chi connectivity index (χ0n) is 8.94. The van der Waals surface area contributed by atoms with E-state index in [0.29, 0.717) is 0 Å². The second kappa shape index (κ2) is 5.22. The molecule has 74 valence electrons. The van der Waals surface area contributed by atoms with Gasteiger partial charge in [-0.3, -0.25) is 0 Å². The van der Waals surface area contributed by atoms with Gasteiger partial charge in [0.1, 0.15) is 0 Å². The summed E-state index contributed by atoms with van der Waals surface area (Å²) >= 11 is 0. The van der Waals surface area contributed by atoms with Crippen LogP contribution in [0.5, 0.6) is 0 Å². The van der Waals surface area contributed by atoms with Crippen molar-refractivity contribution in [2.24, 2.45) is 7.05 Å². The van der Waals surface area contributed by atoms with Gasteiger partial charge in [0, 0.05) is 19.4 Å². The molecule has 0 N–H and O–H groups in total. The van der Waals surface area contributed by atoms with Crippen LogP contribution >= 0.6 is 0 Å². The Morgan fingerprint density at radius 2 is 1.79 bits per heavy atom. The minimum Gasteiger partial charge on any atom is -0.341 e. The highest BCUT2D eigenvalue weighted by Crippen LogP contribution is 2.00. The molecule has 0 amide bonds. The summed E-state index contributed by atoms with van der Waals surface area (Å²) in [5.74, 6) is 0. The molecular formula is C12H16N2. The minimum absolute atomic E-state index is 1.34. The molecule has 0 saturated carbocycles. The first kappa shape index (κ1) is 10.5. The zero-order chi connectivity index (χ0) is 10.4. The number of hydrogen-bond donors (Lipinski definition) is 0. The smallest absolute Gasteiger partial charge is 0.0943 e. The summed E-state index contributed by atoms with van der Waals surface area (Å²) < 4.78 is 1.89. The largest absolute Gasteiger partial charge is 0.341 e. The summed E-state index contributed by atoms with van der Waals surface area (Å²) in [6, 6.07) is 8.45. The first-order chi connectivity index (χ1) is 6.68. The number of rotatable bonds is 0. The van der Waals surface area contributed by atoms with Crippen molar-refractivity contribution < 1.29 is 0 Å². The Kier molecular flexibility index (Phi) is 3.92. The number of aromatic nitrogens is 2. The lowest BCUT2D eigenvalue weighted by Gasteiger charge is -1.90. The van der Waals surface area contributed by atoms with Crippen LogP contribution in [-0.2, 0) is 7.05 Å². The van der Waals surface area contributed by atoms with Crippen LogP contribution in [-0.4, -0.2) is 9.55 Å². The summed E-state index contributed by atoms with van der Waals surface area (Å²) in [5, 5.41) is 0. The molecule has 1 aromatic carbocycles. The van der Waals surface area contributed by atoms with E-state index in [4.69, 9.17) is 0 Å². The van der Waals surface area contributed by atoms with Crippen molar-refractivity contribution in [1.29, 1.82) is 0 Å². The van der Waals surface area contributed by atoms with Crippen LogP contribution in [0, 0.1) is 13.8 Å². The quantitative estimate of drug-likeness (QED) is 0.621. The molecule has 0 aliphatic rings. The summed E-state index contributed by atoms with van der Waals surface area (Å²) in [4.78, 5) is 3.78. The van der Waals surface area contributed by atoms with E-state index in [1.165, 1.54) is 11.1 Å². The summed E-state index contributed by atoms with van der Waals surface area (Å²) in [6.45, 7) is 4.21. The Bertz CT molecular complexity index is 346. The van der Waals surface area contributed by atoms with Gasteiger partial charge in [-0.1, -0.05) is 35.4 Å². The van der Waals surface area contributed by atoms with Crippen molar-refractivity contribution >= 4 is 0 Å². The molecule has 2 rings (SSSR count). The van der Waals surface area contributed by atoms with Gasteiger partial charge in [0.25, 0.3) is 0 Å². The third-order valence-electron chi connectivity index (χ3n) is 1.81. The molecule has 14 heavy (non-hydrogen) atoms. The van der Waals surface area contributed by atoms with Gasteiger partial charge in [0.2, 0.25) is 0 Å². The second-order valence-corrected chi connectivity index (χ2v) is 3.39. The van der Waals surface area contributed by atoms with Crippen molar-refractivity contribution in [3.05, 3.63) is 54.1 Å². The Morgan fingerprint density at radius 1 is 1.14 bits per heavy atom. The van der Waals surface area contributed by atoms with Gasteiger partial charge in [-0.25, -0.2) is 4.98 Å². The maximum absolute atomic E-state index is 3.78. The molecule has 2 aromatic rings. The van der Waals surface area contributed by atoms with Crippen LogP contribution in [0.15, 0.2) is 43.0 Å². The fourth-order valence-corrected chi connectivity index (χ4v) is 1.13. The number of aryl methyl sites for hydroxylation is 3. The van der Waals surface area contributed by atoms with Crippen molar-refractivity contribution in [3.63, 3.8) is 0 Å². The Morgan fingerprint density at radius 3 is 2.00 bits per heavy atom. The molecule has 1 aromatic heterocycles. The minimum atomic E-state index is 1.34. The molecule has 0 spiro atoms. The Balaban J connectivity index is 0.000000146. The predicted octanol–water partition coefficient (Wildman–Crippen LogP) is 2.72. The van der Waals surface area contributed by atoms with Crippen LogP contribution in [0.25, 0.3) is 0 Å². The van der Waals surface area contributed by atoms with Gasteiger partial charge in [-0.05, 0) is 13.8 Å². The maximum Gasteiger partial charge on any atom is 0.0943 e. The van der Waals surface area contributed by atoms with Crippen LogP contribution in [0.2, 0.25) is 0 Å². The third-order valence-corrected chi connectivity index (χ3v) is 1.81. The molecule has 2 nitrogen and oxygen atoms in total. The fraction of sp³-hybridized carbons (Fsp3) is 0.250. The predicted molar refractivity (Wildman–Crippen MR) is 59.1 cm³/mol. The van der Waals surface area contributed by atoms with Gasteiger partial charge in [-0.2, -0.15) is 0 Å². The van der Waals surface area contributed by atoms with Crippen molar-refractivity contribution in [3.8, 4) is 0 Å². The maximum atomic E-state index is 3.78. The zero-order valence-corrected chi connectivity index (χ0v) is 8.94. The lowest BCUT2D eigenvalue weighted by molar-refractivity contribution is 0.913. The van der Waals surface area contributed by atoms with Gasteiger partial charge in [-0.15, -0.1) is 0 Å². The van der Waals surface area contributed by atoms with E-state index in [1.54, 1.807) is 12.5 Å². The Labute approximate surface area is 85.2 Å². The average Bonchev–Trinajstić information content (AvgIpc) is 2.56. The molecule has 2 heteroatoms. The van der Waals surface area contributed by atoms with Crippen molar-refractivity contribution in [2.75, 3.05) is 0 Å². The lowest BCUT2D eigenvalue weighted by atomic mass is 10.2. The number of hydrogen-bond acceptors (Lipinski definition) is 1. The summed E-state index contributed by atoms with van der Waals surface area (Å²) in [5.41, 5.74) is 2.68. The van der Waals surface area contributed by atoms with Gasteiger partial charge in [0.15, 0.2) is 0 Å². The van der Waals surface area contributed by atoms with E-state index in [0.717, 1.165) is 0 Å². The molecule has 0 aliphatic heterocycles. The van der Waals surface area contributed by atoms with Gasteiger partial charge >= 0.3 is 0 Å². The lowest BCUT2D eigenvalue weighted by Crippen LogP contribution is -1.76. The molecule has 0 atom stereocenters. The first-order valence-corrected chi connectivity index (χ1v) is 4.63. The highest BCUT2D eigenvalue weighted by Gasteiger charge is 1.80. The van der Waals surface area contributed by atoms with E-state index in [-0.39, 0.29) is 0 Å². The van der Waals surface area contributed by atoms with E-state index >= 15 is 0 Å². The molecule has 0 fully saturated rings. The van der Waals surface area contributed by atoms with E-state index in [9.17, 15) is 0 Å². The molecule has 0 saturated heterocycles. The SMILES string of the molecule is Cc1cccc(C)c1.Cn1ccnc1. The Hall–Kier alpha value is -1.57. The van der Waals surface area contributed by atoms with Crippen molar-refractivity contribution in [1.82, 2.24) is 9.55 Å². The van der Waals surface area contributed by atoms with Crippen LogP contribution in [0.1, 0.15) is 11.1 Å². The van der Waals surface area contributed by atoms with Crippen molar-refractivity contribution in [2.45, 2.75) is 13.8 Å². The monoisotopic (exact) mass is 188 g/mol. The fourth-order valence-electron chi connectivity index (χ4n) is 1.13. The third kappa shape index (κ3) is 3.90. The van der Waals surface area contributed by atoms with E-state index in [2.05, 4.69) is 43.1 Å². The molecule has 0 aliphatic carbocycles. The highest BCUT2D eigenvalue weighted by atomic mass is 15.0. The number of imidazole rings is 1. The highest BCUT2D eigenvalue weighted by molar-refractivity contribution is 5.20. The van der Waals surface area contributed by atoms with E-state index < -0.39 is 0 Å². The first-order valence-electron chi connectivity index (χ1n) is 4.63. The number of nitrogens with zero attached hydrogens (tertiary/aromatic N) is 2. The van der Waals surface area contributed by atoms with Crippen LogP contribution < -0.4 is 0 Å². The van der Waals surface area contributed by atoms with Gasteiger partial charge < -0.3 is 4.57 Å². The molecule has 0 unspecified atom stereocenters. The molecule has 0 radical (unpaired) electrons. The van der Waals surface area contributed by atoms with E-state index in [1.807, 2.05) is 17.8 Å². The molecular weight excluding hydrogens is 172 g/mol. The van der Waals surface area contributed by atoms with Gasteiger partial charge in [0.05, 0.1) is 6.33 Å². The normalized spacial score (nSPS) is 9.07. The average molecular weight is 188 g/mol.